The average Bonchev–Trinajstić information content (AvgIpc) is 2.71. The van der Waals surface area contributed by atoms with Gasteiger partial charge in [-0.2, -0.15) is 0 Å². The normalized spacial score (nSPS) is 12.7. The predicted molar refractivity (Wildman–Crippen MR) is 44.8 cm³/mol. The van der Waals surface area contributed by atoms with Crippen LogP contribution in [0.5, 0.6) is 0 Å². The lowest BCUT2D eigenvalue weighted by Gasteiger charge is -2.03. The van der Waals surface area contributed by atoms with Crippen molar-refractivity contribution in [1.29, 1.82) is 0 Å². The molecule has 0 saturated heterocycles. The van der Waals surface area contributed by atoms with Crippen LogP contribution in [0.3, 0.4) is 0 Å². The van der Waals surface area contributed by atoms with Gasteiger partial charge in [0.2, 0.25) is 5.89 Å². The lowest BCUT2D eigenvalue weighted by molar-refractivity contribution is 0.178. The first kappa shape index (κ1) is 7.94. The van der Waals surface area contributed by atoms with Gasteiger partial charge in [-0.25, -0.2) is 4.98 Å². The van der Waals surface area contributed by atoms with Crippen LogP contribution < -0.4 is 0 Å². The third kappa shape index (κ3) is 1.57. The maximum atomic E-state index is 9.66. The molecule has 0 radical (unpaired) electrons. The Bertz CT molecular complexity index is 358. The second-order valence-electron chi connectivity index (χ2n) is 2.53. The third-order valence-electron chi connectivity index (χ3n) is 1.65. The molecule has 0 aromatic carbocycles. The van der Waals surface area contributed by atoms with E-state index in [2.05, 4.69) is 9.97 Å². The summed E-state index contributed by atoms with van der Waals surface area (Å²) in [5.41, 5.74) is 0.532. The van der Waals surface area contributed by atoms with Gasteiger partial charge in [0.25, 0.3) is 0 Å². The lowest BCUT2D eigenvalue weighted by Crippen LogP contribution is -2.01. The van der Waals surface area contributed by atoms with Crippen LogP contribution in [-0.4, -0.2) is 15.1 Å². The number of aliphatic hydroxyl groups excluding tert-OH is 1. The maximum Gasteiger partial charge on any atom is 0.229 e. The van der Waals surface area contributed by atoms with Crippen molar-refractivity contribution in [2.24, 2.45) is 0 Å². The fourth-order valence-electron chi connectivity index (χ4n) is 1.03. The molecule has 1 atom stereocenters. The summed E-state index contributed by atoms with van der Waals surface area (Å²) in [6.07, 6.45) is 3.64. The summed E-state index contributed by atoms with van der Waals surface area (Å²) in [5.74, 6) is 0.263. The molecule has 13 heavy (non-hydrogen) atoms. The molecule has 4 nitrogen and oxygen atoms in total. The zero-order valence-corrected chi connectivity index (χ0v) is 6.79. The van der Waals surface area contributed by atoms with Crippen LogP contribution in [0, 0.1) is 0 Å². The first-order valence-electron chi connectivity index (χ1n) is 3.86. The quantitative estimate of drug-likeness (QED) is 0.745. The molecule has 0 bridgehead atoms. The third-order valence-corrected chi connectivity index (χ3v) is 1.65. The van der Waals surface area contributed by atoms with Gasteiger partial charge in [0.1, 0.15) is 6.26 Å². The molecule has 0 aliphatic rings. The Morgan fingerprint density at radius 1 is 1.23 bits per heavy atom. The number of hydrogen-bond acceptors (Lipinski definition) is 4. The highest BCUT2D eigenvalue weighted by atomic mass is 16.4. The van der Waals surface area contributed by atoms with Gasteiger partial charge in [0, 0.05) is 6.20 Å². The van der Waals surface area contributed by atoms with Crippen LogP contribution in [-0.2, 0) is 0 Å². The minimum Gasteiger partial charge on any atom is -0.446 e. The Labute approximate surface area is 74.9 Å². The number of hydrogen-bond donors (Lipinski definition) is 1. The number of pyridine rings is 1. The SMILES string of the molecule is OC(c1ccccn1)c1ncco1. The number of nitrogens with zero attached hydrogens (tertiary/aromatic N) is 2. The molecular weight excluding hydrogens is 168 g/mol. The first-order chi connectivity index (χ1) is 6.38. The van der Waals surface area contributed by atoms with Gasteiger partial charge in [-0.05, 0) is 12.1 Å². The molecule has 66 valence electrons. The Kier molecular flexibility index (Phi) is 2.06. The summed E-state index contributed by atoms with van der Waals surface area (Å²) in [6.45, 7) is 0. The molecule has 0 spiro atoms. The highest BCUT2D eigenvalue weighted by Gasteiger charge is 2.14. The Balaban J connectivity index is 2.29. The van der Waals surface area contributed by atoms with E-state index in [1.807, 2.05) is 0 Å². The highest BCUT2D eigenvalue weighted by Crippen LogP contribution is 2.16. The Morgan fingerprint density at radius 2 is 2.15 bits per heavy atom. The van der Waals surface area contributed by atoms with Gasteiger partial charge in [0.15, 0.2) is 6.10 Å². The minimum absolute atomic E-state index is 0.263. The molecule has 0 fully saturated rings. The van der Waals surface area contributed by atoms with E-state index in [0.717, 1.165) is 0 Å². The fraction of sp³-hybridized carbons (Fsp3) is 0.111. The van der Waals surface area contributed by atoms with Crippen molar-refractivity contribution in [1.82, 2.24) is 9.97 Å². The number of rotatable bonds is 2. The van der Waals surface area contributed by atoms with E-state index < -0.39 is 6.10 Å². The van der Waals surface area contributed by atoms with E-state index >= 15 is 0 Å². The summed E-state index contributed by atoms with van der Waals surface area (Å²) in [5, 5.41) is 9.66. The monoisotopic (exact) mass is 176 g/mol. The maximum absolute atomic E-state index is 9.66. The van der Waals surface area contributed by atoms with Crippen molar-refractivity contribution in [3.8, 4) is 0 Å². The van der Waals surface area contributed by atoms with Crippen molar-refractivity contribution in [3.05, 3.63) is 48.4 Å². The van der Waals surface area contributed by atoms with Crippen molar-refractivity contribution in [3.63, 3.8) is 0 Å². The molecule has 0 saturated carbocycles. The fourth-order valence-corrected chi connectivity index (χ4v) is 1.03. The summed E-state index contributed by atoms with van der Waals surface area (Å²) in [4.78, 5) is 7.82. The van der Waals surface area contributed by atoms with E-state index in [9.17, 15) is 5.11 Å². The molecule has 0 aliphatic heterocycles. The van der Waals surface area contributed by atoms with Gasteiger partial charge in [0.05, 0.1) is 11.9 Å². The predicted octanol–water partition coefficient (Wildman–Crippen LogP) is 1.15. The topological polar surface area (TPSA) is 59.2 Å². The van der Waals surface area contributed by atoms with Crippen molar-refractivity contribution in [2.45, 2.75) is 6.10 Å². The molecule has 1 unspecified atom stereocenters. The van der Waals surface area contributed by atoms with E-state index in [0.29, 0.717) is 5.69 Å². The van der Waals surface area contributed by atoms with Gasteiger partial charge < -0.3 is 9.52 Å². The van der Waals surface area contributed by atoms with Crippen molar-refractivity contribution >= 4 is 0 Å². The number of aliphatic hydroxyl groups is 1. The number of oxazole rings is 1. The zero-order valence-electron chi connectivity index (χ0n) is 6.79. The van der Waals surface area contributed by atoms with Crippen LogP contribution in [0.2, 0.25) is 0 Å². The number of aromatic nitrogens is 2. The molecule has 1 N–H and O–H groups in total. The summed E-state index contributed by atoms with van der Waals surface area (Å²) >= 11 is 0. The molecule has 2 heterocycles. The van der Waals surface area contributed by atoms with Crippen molar-refractivity contribution in [2.75, 3.05) is 0 Å². The second-order valence-corrected chi connectivity index (χ2v) is 2.53. The molecule has 2 aromatic rings. The second kappa shape index (κ2) is 3.37. The molecule has 0 aliphatic carbocycles. The molecular formula is C9H8N2O2. The summed E-state index contributed by atoms with van der Waals surface area (Å²) in [7, 11) is 0. The van der Waals surface area contributed by atoms with Crippen LogP contribution in [0.25, 0.3) is 0 Å². The van der Waals surface area contributed by atoms with E-state index in [-0.39, 0.29) is 5.89 Å². The van der Waals surface area contributed by atoms with Gasteiger partial charge >= 0.3 is 0 Å². The van der Waals surface area contributed by atoms with E-state index in [4.69, 9.17) is 4.42 Å². The standard InChI is InChI=1S/C9H8N2O2/c12-8(9-11-5-6-13-9)7-3-1-2-4-10-7/h1-6,8,12H. The zero-order chi connectivity index (χ0) is 9.10. The van der Waals surface area contributed by atoms with Gasteiger partial charge in [-0.1, -0.05) is 6.07 Å². The van der Waals surface area contributed by atoms with E-state index in [1.54, 1.807) is 24.4 Å². The summed E-state index contributed by atoms with van der Waals surface area (Å²) < 4.78 is 4.95. The summed E-state index contributed by atoms with van der Waals surface area (Å²) in [6, 6.07) is 5.30. The smallest absolute Gasteiger partial charge is 0.229 e. The van der Waals surface area contributed by atoms with Crippen LogP contribution in [0.15, 0.2) is 41.3 Å². The molecule has 0 amide bonds. The van der Waals surface area contributed by atoms with Gasteiger partial charge in [-0.15, -0.1) is 0 Å². The van der Waals surface area contributed by atoms with Crippen LogP contribution in [0.4, 0.5) is 0 Å². The Hall–Kier alpha value is -1.68. The molecule has 4 heteroatoms. The average molecular weight is 176 g/mol. The van der Waals surface area contributed by atoms with Gasteiger partial charge in [-0.3, -0.25) is 4.98 Å². The van der Waals surface area contributed by atoms with Crippen molar-refractivity contribution < 1.29 is 9.52 Å². The highest BCUT2D eigenvalue weighted by molar-refractivity contribution is 5.12. The minimum atomic E-state index is -0.879. The largest absolute Gasteiger partial charge is 0.446 e. The Morgan fingerprint density at radius 3 is 2.77 bits per heavy atom. The van der Waals surface area contributed by atoms with E-state index in [1.165, 1.54) is 12.5 Å². The first-order valence-corrected chi connectivity index (χ1v) is 3.86. The lowest BCUT2D eigenvalue weighted by atomic mass is 10.2. The molecule has 2 aromatic heterocycles. The van der Waals surface area contributed by atoms with Crippen LogP contribution >= 0.6 is 0 Å². The van der Waals surface area contributed by atoms with Crippen LogP contribution in [0.1, 0.15) is 17.7 Å². The molecule has 2 rings (SSSR count).